The molecular formula is C15H22N2O4. The number of hydrazine groups is 1. The number of hydrogen-bond donors (Lipinski definition) is 1. The fourth-order valence-corrected chi connectivity index (χ4v) is 1.81. The molecule has 116 valence electrons. The Morgan fingerprint density at radius 2 is 2.24 bits per heavy atom. The third-order valence-electron chi connectivity index (χ3n) is 2.94. The highest BCUT2D eigenvalue weighted by Gasteiger charge is 2.19. The van der Waals surface area contributed by atoms with Gasteiger partial charge in [-0.1, -0.05) is 25.8 Å². The van der Waals surface area contributed by atoms with Gasteiger partial charge in [0, 0.05) is 25.1 Å². The number of nitrogens with one attached hydrogen (secondary N) is 1. The summed E-state index contributed by atoms with van der Waals surface area (Å²) in [6, 6.07) is 0. The number of hydrogen-bond acceptors (Lipinski definition) is 4. The van der Waals surface area contributed by atoms with E-state index < -0.39 is 0 Å². The van der Waals surface area contributed by atoms with Gasteiger partial charge in [-0.15, -0.1) is 0 Å². The molecule has 0 atom stereocenters. The van der Waals surface area contributed by atoms with Crippen LogP contribution in [0.1, 0.15) is 46.0 Å². The molecule has 0 fully saturated rings. The Labute approximate surface area is 124 Å². The maximum atomic E-state index is 12.1. The summed E-state index contributed by atoms with van der Waals surface area (Å²) in [5, 5.41) is 1.18. The first-order chi connectivity index (χ1) is 10.0. The summed E-state index contributed by atoms with van der Waals surface area (Å²) in [5.41, 5.74) is 2.98. The second-order valence-electron chi connectivity index (χ2n) is 4.79. The molecular weight excluding hydrogens is 272 g/mol. The summed E-state index contributed by atoms with van der Waals surface area (Å²) < 4.78 is 4.77. The summed E-state index contributed by atoms with van der Waals surface area (Å²) in [4.78, 5) is 34.5. The molecule has 6 heteroatoms. The Balaban J connectivity index is 2.51. The van der Waals surface area contributed by atoms with Crippen molar-refractivity contribution in [1.29, 1.82) is 0 Å². The van der Waals surface area contributed by atoms with Crippen molar-refractivity contribution in [3.8, 4) is 0 Å². The maximum absolute atomic E-state index is 12.1. The van der Waals surface area contributed by atoms with Gasteiger partial charge in [0.1, 0.15) is 6.61 Å². The van der Waals surface area contributed by atoms with Crippen molar-refractivity contribution in [3.05, 3.63) is 23.9 Å². The number of amides is 2. The average molecular weight is 294 g/mol. The standard InChI is InChI=1S/C15H22N2O4/c1-3-4-5-6-10-17(16-12(2)18)14(19)8-7-13-9-11-21-15(13)20/h6,9-10H,3-5,7-8,11H2,1-2H3,(H,16,18)/b10-6+. The average Bonchev–Trinajstić information content (AvgIpc) is 2.84. The maximum Gasteiger partial charge on any atom is 0.334 e. The molecule has 0 spiro atoms. The van der Waals surface area contributed by atoms with E-state index in [1.54, 1.807) is 12.3 Å². The molecule has 1 heterocycles. The van der Waals surface area contributed by atoms with Gasteiger partial charge >= 0.3 is 5.97 Å². The van der Waals surface area contributed by atoms with Gasteiger partial charge in [0.25, 0.3) is 0 Å². The van der Waals surface area contributed by atoms with E-state index >= 15 is 0 Å². The van der Waals surface area contributed by atoms with E-state index in [-0.39, 0.29) is 30.8 Å². The summed E-state index contributed by atoms with van der Waals surface area (Å²) >= 11 is 0. The van der Waals surface area contributed by atoms with Crippen molar-refractivity contribution in [2.75, 3.05) is 6.61 Å². The van der Waals surface area contributed by atoms with Crippen LogP contribution in [0.15, 0.2) is 23.9 Å². The highest BCUT2D eigenvalue weighted by molar-refractivity contribution is 5.91. The van der Waals surface area contributed by atoms with E-state index in [4.69, 9.17) is 4.74 Å². The van der Waals surface area contributed by atoms with Crippen molar-refractivity contribution in [3.63, 3.8) is 0 Å². The Morgan fingerprint density at radius 3 is 2.81 bits per heavy atom. The van der Waals surface area contributed by atoms with Gasteiger partial charge in [-0.25, -0.2) is 9.80 Å². The first-order valence-electron chi connectivity index (χ1n) is 7.16. The van der Waals surface area contributed by atoms with Crippen LogP contribution in [0.5, 0.6) is 0 Å². The molecule has 21 heavy (non-hydrogen) atoms. The van der Waals surface area contributed by atoms with E-state index in [1.807, 2.05) is 6.08 Å². The van der Waals surface area contributed by atoms with Crippen molar-refractivity contribution in [1.82, 2.24) is 10.4 Å². The normalized spacial score (nSPS) is 14.0. The van der Waals surface area contributed by atoms with Gasteiger partial charge in [0.2, 0.25) is 11.8 Å². The fourth-order valence-electron chi connectivity index (χ4n) is 1.81. The molecule has 0 unspecified atom stereocenters. The quantitative estimate of drug-likeness (QED) is 0.441. The van der Waals surface area contributed by atoms with Gasteiger partial charge in [-0.05, 0) is 18.9 Å². The van der Waals surface area contributed by atoms with Crippen LogP contribution < -0.4 is 5.43 Å². The zero-order chi connectivity index (χ0) is 15.7. The number of cyclic esters (lactones) is 1. The van der Waals surface area contributed by atoms with Crippen LogP contribution in [0.4, 0.5) is 0 Å². The Hall–Kier alpha value is -2.11. The lowest BCUT2D eigenvalue weighted by Gasteiger charge is -2.18. The Kier molecular flexibility index (Phi) is 7.21. The van der Waals surface area contributed by atoms with Crippen molar-refractivity contribution in [2.45, 2.75) is 46.0 Å². The van der Waals surface area contributed by atoms with Gasteiger partial charge < -0.3 is 4.74 Å². The highest BCUT2D eigenvalue weighted by atomic mass is 16.5. The number of allylic oxidation sites excluding steroid dienone is 1. The first kappa shape index (κ1) is 16.9. The number of carbonyl (C=O) groups is 3. The van der Waals surface area contributed by atoms with Crippen molar-refractivity contribution < 1.29 is 19.1 Å². The molecule has 0 saturated carbocycles. The van der Waals surface area contributed by atoms with Gasteiger partial charge in [-0.2, -0.15) is 0 Å². The summed E-state index contributed by atoms with van der Waals surface area (Å²) in [5.74, 6) is -0.950. The molecule has 0 aliphatic carbocycles. The summed E-state index contributed by atoms with van der Waals surface area (Å²) in [6.07, 6.45) is 8.48. The minimum Gasteiger partial charge on any atom is -0.458 e. The molecule has 0 radical (unpaired) electrons. The van der Waals surface area contributed by atoms with Gasteiger partial charge in [0.05, 0.1) is 0 Å². The smallest absolute Gasteiger partial charge is 0.334 e. The first-order valence-corrected chi connectivity index (χ1v) is 7.16. The van der Waals surface area contributed by atoms with E-state index in [0.29, 0.717) is 12.0 Å². The highest BCUT2D eigenvalue weighted by Crippen LogP contribution is 2.14. The van der Waals surface area contributed by atoms with Crippen LogP contribution in [0, 0.1) is 0 Å². The van der Waals surface area contributed by atoms with E-state index in [2.05, 4.69) is 12.3 Å². The molecule has 0 bridgehead atoms. The molecule has 6 nitrogen and oxygen atoms in total. The molecule has 0 saturated heterocycles. The topological polar surface area (TPSA) is 75.7 Å². The number of carbonyl (C=O) groups excluding carboxylic acids is 3. The molecule has 0 aromatic carbocycles. The number of esters is 1. The Bertz CT molecular complexity index is 455. The summed E-state index contributed by atoms with van der Waals surface area (Å²) in [7, 11) is 0. The minimum absolute atomic E-state index is 0.138. The second-order valence-corrected chi connectivity index (χ2v) is 4.79. The lowest BCUT2D eigenvalue weighted by Crippen LogP contribution is -2.41. The predicted octanol–water partition coefficient (Wildman–Crippen LogP) is 1.83. The van der Waals surface area contributed by atoms with Gasteiger partial charge in [0.15, 0.2) is 0 Å². The largest absolute Gasteiger partial charge is 0.458 e. The van der Waals surface area contributed by atoms with Crippen LogP contribution in [0.2, 0.25) is 0 Å². The monoisotopic (exact) mass is 294 g/mol. The summed E-state index contributed by atoms with van der Waals surface area (Å²) in [6.45, 7) is 3.70. The zero-order valence-electron chi connectivity index (χ0n) is 12.6. The molecule has 1 rings (SSSR count). The molecule has 1 N–H and O–H groups in total. The van der Waals surface area contributed by atoms with Gasteiger partial charge in [-0.3, -0.25) is 15.0 Å². The number of rotatable bonds is 7. The number of ether oxygens (including phenoxy) is 1. The molecule has 0 aromatic heterocycles. The predicted molar refractivity (Wildman–Crippen MR) is 77.6 cm³/mol. The van der Waals surface area contributed by atoms with E-state index in [1.165, 1.54) is 11.9 Å². The van der Waals surface area contributed by atoms with E-state index in [9.17, 15) is 14.4 Å². The molecule has 2 amide bonds. The van der Waals surface area contributed by atoms with Crippen molar-refractivity contribution in [2.24, 2.45) is 0 Å². The van der Waals surface area contributed by atoms with Crippen LogP contribution in [-0.2, 0) is 19.1 Å². The lowest BCUT2D eigenvalue weighted by molar-refractivity contribution is -0.138. The third kappa shape index (κ3) is 6.25. The zero-order valence-corrected chi connectivity index (χ0v) is 12.6. The molecule has 1 aliphatic heterocycles. The fraction of sp³-hybridized carbons (Fsp3) is 0.533. The molecule has 1 aliphatic rings. The minimum atomic E-state index is -0.368. The number of nitrogens with zero attached hydrogens (tertiary/aromatic N) is 1. The molecule has 0 aromatic rings. The van der Waals surface area contributed by atoms with Crippen LogP contribution in [0.25, 0.3) is 0 Å². The van der Waals surface area contributed by atoms with Crippen LogP contribution >= 0.6 is 0 Å². The van der Waals surface area contributed by atoms with E-state index in [0.717, 1.165) is 19.3 Å². The SMILES string of the molecule is CCCC/C=C/N(NC(C)=O)C(=O)CCC1=CCOC1=O. The third-order valence-corrected chi connectivity index (χ3v) is 2.94. The van der Waals surface area contributed by atoms with Crippen LogP contribution in [-0.4, -0.2) is 29.4 Å². The Morgan fingerprint density at radius 1 is 1.48 bits per heavy atom. The van der Waals surface area contributed by atoms with Crippen LogP contribution in [0.3, 0.4) is 0 Å². The number of unbranched alkanes of at least 4 members (excludes halogenated alkanes) is 2. The second kappa shape index (κ2) is 8.94. The lowest BCUT2D eigenvalue weighted by atomic mass is 10.1. The van der Waals surface area contributed by atoms with Crippen molar-refractivity contribution >= 4 is 17.8 Å².